The highest BCUT2D eigenvalue weighted by atomic mass is 16.5. The van der Waals surface area contributed by atoms with E-state index >= 15 is 0 Å². The van der Waals surface area contributed by atoms with E-state index in [0.717, 1.165) is 5.75 Å². The van der Waals surface area contributed by atoms with E-state index in [4.69, 9.17) is 14.6 Å². The minimum atomic E-state index is -0.250. The molecular formula is C11H10N2O3. The van der Waals surface area contributed by atoms with Gasteiger partial charge in [-0.25, -0.2) is 9.97 Å². The van der Waals surface area contributed by atoms with Gasteiger partial charge < -0.3 is 9.84 Å². The van der Waals surface area contributed by atoms with Crippen molar-refractivity contribution in [2.75, 3.05) is 0 Å². The molecule has 0 saturated heterocycles. The van der Waals surface area contributed by atoms with Crippen LogP contribution in [-0.4, -0.2) is 21.5 Å². The molecule has 82 valence electrons. The summed E-state index contributed by atoms with van der Waals surface area (Å²) in [7, 11) is 0. The summed E-state index contributed by atoms with van der Waals surface area (Å²) in [4.78, 5) is 16.2. The van der Waals surface area contributed by atoms with Gasteiger partial charge in [0, 0.05) is 12.4 Å². The number of benzene rings is 1. The van der Waals surface area contributed by atoms with Crippen molar-refractivity contribution in [1.82, 2.24) is 9.97 Å². The summed E-state index contributed by atoms with van der Waals surface area (Å²) in [5.74, 6) is 0.744. The van der Waals surface area contributed by atoms with Gasteiger partial charge in [-0.3, -0.25) is 4.79 Å². The van der Waals surface area contributed by atoms with Crippen molar-refractivity contribution < 1.29 is 14.6 Å². The predicted molar refractivity (Wildman–Crippen MR) is 57.2 cm³/mol. The van der Waals surface area contributed by atoms with E-state index in [-0.39, 0.29) is 6.47 Å². The van der Waals surface area contributed by atoms with Gasteiger partial charge in [0.05, 0.1) is 0 Å². The first-order valence-electron chi connectivity index (χ1n) is 4.44. The maximum atomic E-state index is 8.36. The van der Waals surface area contributed by atoms with Gasteiger partial charge >= 0.3 is 6.01 Å². The van der Waals surface area contributed by atoms with Gasteiger partial charge in [-0.15, -0.1) is 0 Å². The third-order valence-corrected chi connectivity index (χ3v) is 1.49. The number of nitrogens with zero attached hydrogens (tertiary/aromatic N) is 2. The summed E-state index contributed by atoms with van der Waals surface area (Å²) in [5.41, 5.74) is 0. The van der Waals surface area contributed by atoms with Crippen LogP contribution >= 0.6 is 0 Å². The molecule has 0 fully saturated rings. The normalized spacial score (nSPS) is 8.50. The lowest BCUT2D eigenvalue weighted by molar-refractivity contribution is -0.122. The molecule has 16 heavy (non-hydrogen) atoms. The molecule has 0 atom stereocenters. The van der Waals surface area contributed by atoms with Crippen LogP contribution in [0.3, 0.4) is 0 Å². The minimum absolute atomic E-state index is 0.250. The Labute approximate surface area is 92.4 Å². The Morgan fingerprint density at radius 2 is 1.62 bits per heavy atom. The van der Waals surface area contributed by atoms with Crippen molar-refractivity contribution in [3.05, 3.63) is 48.8 Å². The van der Waals surface area contributed by atoms with Gasteiger partial charge in [0.1, 0.15) is 5.75 Å². The molecular weight excluding hydrogens is 208 g/mol. The number of carboxylic acid groups (broad SMARTS) is 1. The lowest BCUT2D eigenvalue weighted by Gasteiger charge is -2.00. The van der Waals surface area contributed by atoms with Gasteiger partial charge in [0.15, 0.2) is 0 Å². The highest BCUT2D eigenvalue weighted by Crippen LogP contribution is 2.14. The van der Waals surface area contributed by atoms with E-state index in [0.29, 0.717) is 6.01 Å². The maximum Gasteiger partial charge on any atom is 0.321 e. The molecule has 1 N–H and O–H groups in total. The van der Waals surface area contributed by atoms with Gasteiger partial charge in [0.2, 0.25) is 0 Å². The molecule has 0 aliphatic heterocycles. The Hall–Kier alpha value is -2.43. The zero-order valence-electron chi connectivity index (χ0n) is 8.35. The summed E-state index contributed by atoms with van der Waals surface area (Å²) in [6, 6.07) is 11.6. The number of aromatic nitrogens is 2. The van der Waals surface area contributed by atoms with Crippen LogP contribution in [0.1, 0.15) is 0 Å². The molecule has 5 heteroatoms. The van der Waals surface area contributed by atoms with E-state index in [2.05, 4.69) is 9.97 Å². The van der Waals surface area contributed by atoms with Crippen molar-refractivity contribution in [3.63, 3.8) is 0 Å². The van der Waals surface area contributed by atoms with E-state index in [1.165, 1.54) is 0 Å². The SMILES string of the molecule is O=CO.c1ccc(Oc2ncccn2)cc1. The fraction of sp³-hybridized carbons (Fsp3) is 0. The lowest BCUT2D eigenvalue weighted by Crippen LogP contribution is -1.89. The molecule has 0 spiro atoms. The number of carbonyl (C=O) groups is 1. The standard InChI is InChI=1S/C10H8N2O.CH2O2/c1-2-5-9(6-3-1)13-10-11-7-4-8-12-10;2-1-3/h1-8H;1H,(H,2,3). The fourth-order valence-corrected chi connectivity index (χ4v) is 0.932. The highest BCUT2D eigenvalue weighted by Gasteiger charge is 1.95. The van der Waals surface area contributed by atoms with Crippen LogP contribution in [0, 0.1) is 0 Å². The second kappa shape index (κ2) is 6.94. The van der Waals surface area contributed by atoms with E-state index in [9.17, 15) is 0 Å². The maximum absolute atomic E-state index is 8.36. The largest absolute Gasteiger partial charge is 0.483 e. The number of rotatable bonds is 2. The lowest BCUT2D eigenvalue weighted by atomic mass is 10.3. The highest BCUT2D eigenvalue weighted by molar-refractivity contribution is 5.32. The molecule has 0 aliphatic rings. The van der Waals surface area contributed by atoms with Gasteiger partial charge in [-0.2, -0.15) is 0 Å². The number of hydrogen-bond donors (Lipinski definition) is 1. The molecule has 1 aromatic heterocycles. The van der Waals surface area contributed by atoms with Gasteiger partial charge in [0.25, 0.3) is 6.47 Å². The Morgan fingerprint density at radius 1 is 1.06 bits per heavy atom. The molecule has 2 aromatic rings. The van der Waals surface area contributed by atoms with E-state index in [1.807, 2.05) is 30.3 Å². The van der Waals surface area contributed by atoms with E-state index in [1.54, 1.807) is 18.5 Å². The van der Waals surface area contributed by atoms with Gasteiger partial charge in [-0.1, -0.05) is 18.2 Å². The van der Waals surface area contributed by atoms with Crippen molar-refractivity contribution in [2.45, 2.75) is 0 Å². The van der Waals surface area contributed by atoms with Gasteiger partial charge in [-0.05, 0) is 18.2 Å². The summed E-state index contributed by atoms with van der Waals surface area (Å²) in [6.45, 7) is -0.250. The molecule has 5 nitrogen and oxygen atoms in total. The monoisotopic (exact) mass is 218 g/mol. The third kappa shape index (κ3) is 4.19. The van der Waals surface area contributed by atoms with Crippen molar-refractivity contribution >= 4 is 6.47 Å². The van der Waals surface area contributed by atoms with Crippen LogP contribution in [0.2, 0.25) is 0 Å². The first-order chi connectivity index (χ1) is 7.86. The van der Waals surface area contributed by atoms with E-state index < -0.39 is 0 Å². The van der Waals surface area contributed by atoms with Crippen molar-refractivity contribution in [2.24, 2.45) is 0 Å². The second-order valence-electron chi connectivity index (χ2n) is 2.55. The molecule has 0 unspecified atom stereocenters. The number of ether oxygens (including phenoxy) is 1. The molecule has 0 saturated carbocycles. The molecule has 0 bridgehead atoms. The Morgan fingerprint density at radius 3 is 2.19 bits per heavy atom. The molecule has 0 aliphatic carbocycles. The van der Waals surface area contributed by atoms with Crippen LogP contribution in [0.5, 0.6) is 11.8 Å². The average molecular weight is 218 g/mol. The van der Waals surface area contributed by atoms with Crippen LogP contribution in [0.15, 0.2) is 48.8 Å². The summed E-state index contributed by atoms with van der Waals surface area (Å²) >= 11 is 0. The quantitative estimate of drug-likeness (QED) is 0.780. The first-order valence-corrected chi connectivity index (χ1v) is 4.44. The van der Waals surface area contributed by atoms with Crippen LogP contribution < -0.4 is 4.74 Å². The first kappa shape index (κ1) is 11.6. The predicted octanol–water partition coefficient (Wildman–Crippen LogP) is 1.97. The molecule has 0 radical (unpaired) electrons. The Balaban J connectivity index is 0.000000386. The Kier molecular flexibility index (Phi) is 5.05. The van der Waals surface area contributed by atoms with Crippen molar-refractivity contribution in [3.8, 4) is 11.8 Å². The summed E-state index contributed by atoms with van der Waals surface area (Å²) < 4.78 is 5.36. The minimum Gasteiger partial charge on any atom is -0.483 e. The zero-order chi connectivity index (χ0) is 11.6. The average Bonchev–Trinajstić information content (AvgIpc) is 2.33. The summed E-state index contributed by atoms with van der Waals surface area (Å²) in [5, 5.41) is 6.89. The third-order valence-electron chi connectivity index (χ3n) is 1.49. The van der Waals surface area contributed by atoms with Crippen molar-refractivity contribution in [1.29, 1.82) is 0 Å². The second-order valence-corrected chi connectivity index (χ2v) is 2.55. The fourth-order valence-electron chi connectivity index (χ4n) is 0.932. The smallest absolute Gasteiger partial charge is 0.321 e. The van der Waals surface area contributed by atoms with Crippen LogP contribution in [-0.2, 0) is 4.79 Å². The molecule has 1 heterocycles. The molecule has 1 aromatic carbocycles. The molecule has 0 amide bonds. The van der Waals surface area contributed by atoms with Crippen LogP contribution in [0.4, 0.5) is 0 Å². The summed E-state index contributed by atoms with van der Waals surface area (Å²) in [6.07, 6.45) is 3.29. The Bertz CT molecular complexity index is 369. The number of hydrogen-bond acceptors (Lipinski definition) is 4. The number of para-hydroxylation sites is 1. The molecule has 2 rings (SSSR count). The van der Waals surface area contributed by atoms with Crippen LogP contribution in [0.25, 0.3) is 0 Å². The zero-order valence-corrected chi connectivity index (χ0v) is 8.35. The topological polar surface area (TPSA) is 72.3 Å².